The second-order valence-corrected chi connectivity index (χ2v) is 7.66. The van der Waals surface area contributed by atoms with Crippen molar-refractivity contribution in [3.05, 3.63) is 24.3 Å². The van der Waals surface area contributed by atoms with Gasteiger partial charge in [0.1, 0.15) is 5.75 Å². The van der Waals surface area contributed by atoms with E-state index in [2.05, 4.69) is 44.1 Å². The molecule has 1 N–H and O–H groups in total. The first-order chi connectivity index (χ1) is 14.2. The topological polar surface area (TPSA) is 60.4 Å². The van der Waals surface area contributed by atoms with Crippen LogP contribution in [0.2, 0.25) is 0 Å². The van der Waals surface area contributed by atoms with E-state index in [1.165, 1.54) is 0 Å². The standard InChI is InChI=1S/C22H35N5O2.HI/c1-4-18(27-13-7-10-21(27)28)11-12-24-22(23-2)26-16-14-25(15-17-26)19-8-5-6-9-20(19)29-3;/h5-6,8-9,18H,4,7,10-17H2,1-3H3,(H,23,24);1H. The Balaban J connectivity index is 0.00000320. The van der Waals surface area contributed by atoms with Crippen LogP contribution in [0.5, 0.6) is 5.75 Å². The predicted molar refractivity (Wildman–Crippen MR) is 133 cm³/mol. The van der Waals surface area contributed by atoms with Gasteiger partial charge in [0.2, 0.25) is 5.91 Å². The molecule has 0 spiro atoms. The number of amides is 1. The third-order valence-corrected chi connectivity index (χ3v) is 6.00. The molecule has 0 aliphatic carbocycles. The minimum absolute atomic E-state index is 0. The number of piperazine rings is 1. The van der Waals surface area contributed by atoms with Crippen LogP contribution in [0, 0.1) is 0 Å². The second-order valence-electron chi connectivity index (χ2n) is 7.66. The van der Waals surface area contributed by atoms with Crippen molar-refractivity contribution in [3.63, 3.8) is 0 Å². The van der Waals surface area contributed by atoms with Gasteiger partial charge in [0.25, 0.3) is 0 Å². The summed E-state index contributed by atoms with van der Waals surface area (Å²) in [4.78, 5) is 23.3. The third-order valence-electron chi connectivity index (χ3n) is 6.00. The zero-order chi connectivity index (χ0) is 20.6. The maximum Gasteiger partial charge on any atom is 0.222 e. The van der Waals surface area contributed by atoms with E-state index in [1.807, 2.05) is 19.2 Å². The fourth-order valence-corrected chi connectivity index (χ4v) is 4.37. The number of hydrogen-bond acceptors (Lipinski definition) is 4. The second kappa shape index (κ2) is 12.2. The van der Waals surface area contributed by atoms with Crippen LogP contribution in [0.25, 0.3) is 0 Å². The molecular weight excluding hydrogens is 493 g/mol. The van der Waals surface area contributed by atoms with Gasteiger partial charge in [-0.25, -0.2) is 0 Å². The number of benzene rings is 1. The van der Waals surface area contributed by atoms with Gasteiger partial charge in [-0.15, -0.1) is 24.0 Å². The molecule has 0 aromatic heterocycles. The molecule has 2 fully saturated rings. The van der Waals surface area contributed by atoms with E-state index in [9.17, 15) is 4.79 Å². The number of rotatable bonds is 7. The van der Waals surface area contributed by atoms with Gasteiger partial charge in [-0.2, -0.15) is 0 Å². The van der Waals surface area contributed by atoms with Crippen LogP contribution in [0.1, 0.15) is 32.6 Å². The molecular formula is C22H36IN5O2. The molecule has 2 aliphatic heterocycles. The molecule has 1 unspecified atom stereocenters. The van der Waals surface area contributed by atoms with E-state index in [4.69, 9.17) is 4.74 Å². The van der Waals surface area contributed by atoms with Crippen molar-refractivity contribution in [2.75, 3.05) is 58.3 Å². The molecule has 1 aromatic carbocycles. The quantitative estimate of drug-likeness (QED) is 0.335. The highest BCUT2D eigenvalue weighted by Gasteiger charge is 2.27. The van der Waals surface area contributed by atoms with Crippen molar-refractivity contribution in [3.8, 4) is 5.75 Å². The molecule has 8 heteroatoms. The molecule has 1 aromatic rings. The van der Waals surface area contributed by atoms with E-state index in [0.29, 0.717) is 18.4 Å². The van der Waals surface area contributed by atoms with Crippen LogP contribution < -0.4 is 15.0 Å². The Bertz CT molecular complexity index is 707. The summed E-state index contributed by atoms with van der Waals surface area (Å²) in [6.07, 6.45) is 3.68. The summed E-state index contributed by atoms with van der Waals surface area (Å²) in [5.74, 6) is 2.19. The number of aliphatic imine (C=N–C) groups is 1. The molecule has 2 heterocycles. The summed E-state index contributed by atoms with van der Waals surface area (Å²) in [5, 5.41) is 3.51. The monoisotopic (exact) mass is 529 g/mol. The first-order valence-corrected chi connectivity index (χ1v) is 10.8. The van der Waals surface area contributed by atoms with Gasteiger partial charge in [-0.1, -0.05) is 19.1 Å². The van der Waals surface area contributed by atoms with E-state index >= 15 is 0 Å². The van der Waals surface area contributed by atoms with Crippen LogP contribution in [0.4, 0.5) is 5.69 Å². The van der Waals surface area contributed by atoms with E-state index < -0.39 is 0 Å². The van der Waals surface area contributed by atoms with E-state index in [1.54, 1.807) is 7.11 Å². The Kier molecular flexibility index (Phi) is 10.0. The van der Waals surface area contributed by atoms with Gasteiger partial charge in [-0.3, -0.25) is 9.79 Å². The van der Waals surface area contributed by atoms with Gasteiger partial charge >= 0.3 is 0 Å². The Labute approximate surface area is 197 Å². The molecule has 2 saturated heterocycles. The number of likely N-dealkylation sites (tertiary alicyclic amines) is 1. The van der Waals surface area contributed by atoms with Crippen molar-refractivity contribution in [2.45, 2.75) is 38.6 Å². The lowest BCUT2D eigenvalue weighted by atomic mass is 10.1. The molecule has 1 atom stereocenters. The number of hydrogen-bond donors (Lipinski definition) is 1. The summed E-state index contributed by atoms with van der Waals surface area (Å²) in [7, 11) is 3.57. The highest BCUT2D eigenvalue weighted by molar-refractivity contribution is 14.0. The van der Waals surface area contributed by atoms with Crippen LogP contribution in [-0.4, -0.2) is 81.1 Å². The fourth-order valence-electron chi connectivity index (χ4n) is 4.37. The smallest absolute Gasteiger partial charge is 0.222 e. The summed E-state index contributed by atoms with van der Waals surface area (Å²) >= 11 is 0. The number of carbonyl (C=O) groups is 1. The third kappa shape index (κ3) is 5.92. The number of nitrogens with zero attached hydrogens (tertiary/aromatic N) is 4. The number of methoxy groups -OCH3 is 1. The zero-order valence-corrected chi connectivity index (χ0v) is 20.8. The molecule has 30 heavy (non-hydrogen) atoms. The Hall–Kier alpha value is -1.71. The Morgan fingerprint density at radius 2 is 1.93 bits per heavy atom. The lowest BCUT2D eigenvalue weighted by Gasteiger charge is -2.38. The minimum Gasteiger partial charge on any atom is -0.495 e. The predicted octanol–water partition coefficient (Wildman–Crippen LogP) is 2.80. The van der Waals surface area contributed by atoms with Gasteiger partial charge in [-0.05, 0) is 31.4 Å². The average molecular weight is 529 g/mol. The highest BCUT2D eigenvalue weighted by atomic mass is 127. The number of ether oxygens (including phenoxy) is 1. The number of anilines is 1. The molecule has 0 radical (unpaired) electrons. The average Bonchev–Trinajstić information content (AvgIpc) is 3.20. The first kappa shape index (κ1) is 24.6. The number of guanidine groups is 1. The van der Waals surface area contributed by atoms with Crippen molar-refractivity contribution in [1.82, 2.24) is 15.1 Å². The number of para-hydroxylation sites is 2. The van der Waals surface area contributed by atoms with Crippen molar-refractivity contribution in [2.24, 2.45) is 4.99 Å². The fraction of sp³-hybridized carbons (Fsp3) is 0.636. The summed E-state index contributed by atoms with van der Waals surface area (Å²) in [6.45, 7) is 7.61. The lowest BCUT2D eigenvalue weighted by Crippen LogP contribution is -2.53. The lowest BCUT2D eigenvalue weighted by molar-refractivity contribution is -0.129. The van der Waals surface area contributed by atoms with Gasteiger partial charge in [0.15, 0.2) is 5.96 Å². The molecule has 1 amide bonds. The number of nitrogens with one attached hydrogen (secondary N) is 1. The molecule has 0 saturated carbocycles. The van der Waals surface area contributed by atoms with Crippen molar-refractivity contribution < 1.29 is 9.53 Å². The van der Waals surface area contributed by atoms with Crippen molar-refractivity contribution >= 4 is 41.5 Å². The molecule has 168 valence electrons. The molecule has 7 nitrogen and oxygen atoms in total. The first-order valence-electron chi connectivity index (χ1n) is 10.8. The highest BCUT2D eigenvalue weighted by Crippen LogP contribution is 2.28. The Morgan fingerprint density at radius 3 is 2.53 bits per heavy atom. The zero-order valence-electron chi connectivity index (χ0n) is 18.5. The number of carbonyl (C=O) groups excluding carboxylic acids is 1. The van der Waals surface area contributed by atoms with Crippen molar-refractivity contribution in [1.29, 1.82) is 0 Å². The largest absolute Gasteiger partial charge is 0.495 e. The summed E-state index contributed by atoms with van der Waals surface area (Å²) in [5.41, 5.74) is 1.15. The maximum atomic E-state index is 12.0. The van der Waals surface area contributed by atoms with Crippen LogP contribution in [-0.2, 0) is 4.79 Å². The van der Waals surface area contributed by atoms with Gasteiger partial charge in [0.05, 0.1) is 12.8 Å². The van der Waals surface area contributed by atoms with Gasteiger partial charge in [0, 0.05) is 58.8 Å². The Morgan fingerprint density at radius 1 is 1.20 bits per heavy atom. The van der Waals surface area contributed by atoms with Crippen LogP contribution in [0.15, 0.2) is 29.3 Å². The molecule has 3 rings (SSSR count). The van der Waals surface area contributed by atoms with Gasteiger partial charge < -0.3 is 24.8 Å². The normalized spacial score (nSPS) is 18.3. The SMILES string of the molecule is CCC(CCNC(=NC)N1CCN(c2ccccc2OC)CC1)N1CCCC1=O.I. The van der Waals surface area contributed by atoms with Crippen LogP contribution >= 0.6 is 24.0 Å². The summed E-state index contributed by atoms with van der Waals surface area (Å²) in [6, 6.07) is 8.52. The maximum absolute atomic E-state index is 12.0. The summed E-state index contributed by atoms with van der Waals surface area (Å²) < 4.78 is 5.51. The molecule has 0 bridgehead atoms. The van der Waals surface area contributed by atoms with E-state index in [-0.39, 0.29) is 24.0 Å². The van der Waals surface area contributed by atoms with Crippen LogP contribution in [0.3, 0.4) is 0 Å². The van der Waals surface area contributed by atoms with E-state index in [0.717, 1.165) is 75.9 Å². The number of halogens is 1. The minimum atomic E-state index is 0. The molecule has 2 aliphatic rings.